The number of benzene rings is 3. The first-order valence-electron chi connectivity index (χ1n) is 11.5. The molecular weight excluding hydrogens is 432 g/mol. The summed E-state index contributed by atoms with van der Waals surface area (Å²) in [6.45, 7) is 1.31. The average molecular weight is 465 g/mol. The Balaban J connectivity index is 1.44. The fourth-order valence-corrected chi connectivity index (χ4v) is 3.99. The summed E-state index contributed by atoms with van der Waals surface area (Å²) >= 11 is 0. The maximum Gasteiger partial charge on any atom is 0.186 e. The summed E-state index contributed by atoms with van der Waals surface area (Å²) in [4.78, 5) is 0. The highest BCUT2D eigenvalue weighted by Crippen LogP contribution is 2.28. The first kappa shape index (κ1) is 24.5. The second kappa shape index (κ2) is 12.8. The van der Waals surface area contributed by atoms with E-state index in [1.807, 2.05) is 91.0 Å². The smallest absolute Gasteiger partial charge is 0.186 e. The van der Waals surface area contributed by atoms with Gasteiger partial charge in [-0.3, -0.25) is 0 Å². The van der Waals surface area contributed by atoms with Crippen molar-refractivity contribution in [3.05, 3.63) is 108 Å². The second-order valence-corrected chi connectivity index (χ2v) is 8.29. The van der Waals surface area contributed by atoms with E-state index in [9.17, 15) is 5.11 Å². The van der Waals surface area contributed by atoms with Gasteiger partial charge in [-0.2, -0.15) is 0 Å². The summed E-state index contributed by atoms with van der Waals surface area (Å²) in [5.41, 5.74) is 3.08. The minimum atomic E-state index is -0.952. The first-order chi connectivity index (χ1) is 16.7. The van der Waals surface area contributed by atoms with Crippen molar-refractivity contribution in [3.63, 3.8) is 0 Å². The first-order valence-corrected chi connectivity index (χ1v) is 11.5. The van der Waals surface area contributed by atoms with Crippen molar-refractivity contribution in [2.45, 2.75) is 50.5 Å². The molecule has 1 N–H and O–H groups in total. The average Bonchev–Trinajstić information content (AvgIpc) is 2.89. The largest absolute Gasteiger partial charge is 0.387 e. The summed E-state index contributed by atoms with van der Waals surface area (Å²) in [6.07, 6.45) is -3.56. The summed E-state index contributed by atoms with van der Waals surface area (Å²) < 4.78 is 30.0. The lowest BCUT2D eigenvalue weighted by molar-refractivity contribution is -0.315. The van der Waals surface area contributed by atoms with Crippen LogP contribution >= 0.6 is 0 Å². The van der Waals surface area contributed by atoms with Crippen LogP contribution in [0.15, 0.2) is 91.0 Å². The number of hydrogen-bond acceptors (Lipinski definition) is 6. The Bertz CT molecular complexity index is 952. The third-order valence-electron chi connectivity index (χ3n) is 5.82. The predicted molar refractivity (Wildman–Crippen MR) is 128 cm³/mol. The number of aliphatic hydroxyl groups is 1. The van der Waals surface area contributed by atoms with Crippen LogP contribution in [0.3, 0.4) is 0 Å². The Morgan fingerprint density at radius 3 is 1.65 bits per heavy atom. The second-order valence-electron chi connectivity index (χ2n) is 8.29. The van der Waals surface area contributed by atoms with Gasteiger partial charge in [0.25, 0.3) is 0 Å². The lowest BCUT2D eigenvalue weighted by Crippen LogP contribution is -2.60. The van der Waals surface area contributed by atoms with Gasteiger partial charge in [0.2, 0.25) is 0 Å². The SMILES string of the molecule is CO[C@H]1OC(COCc2ccccc2)[C@@H](O)C(OCc2ccccc2)C1OCc1ccccc1. The van der Waals surface area contributed by atoms with E-state index in [1.165, 1.54) is 0 Å². The third-order valence-corrected chi connectivity index (χ3v) is 5.82. The third kappa shape index (κ3) is 6.73. The van der Waals surface area contributed by atoms with Crippen molar-refractivity contribution < 1.29 is 28.8 Å². The van der Waals surface area contributed by atoms with Gasteiger partial charge in [0.15, 0.2) is 6.29 Å². The zero-order valence-electron chi connectivity index (χ0n) is 19.4. The Labute approximate surface area is 201 Å². The van der Waals surface area contributed by atoms with Gasteiger partial charge in [0.05, 0.1) is 26.4 Å². The van der Waals surface area contributed by atoms with Crippen molar-refractivity contribution in [1.82, 2.24) is 0 Å². The van der Waals surface area contributed by atoms with Crippen molar-refractivity contribution in [3.8, 4) is 0 Å². The standard InChI is InChI=1S/C28H32O6/c1-30-28-27(33-19-23-15-9-4-10-16-23)26(32-18-22-13-7-3-8-14-22)25(29)24(34-28)20-31-17-21-11-5-2-6-12-21/h2-16,24-29H,17-20H2,1H3/t24?,25-,26?,27?,28+/m1/s1. The molecule has 0 amide bonds. The number of aliphatic hydroxyl groups excluding tert-OH is 1. The van der Waals surface area contributed by atoms with Crippen LogP contribution in [0, 0.1) is 0 Å². The van der Waals surface area contributed by atoms with E-state index in [0.29, 0.717) is 19.8 Å². The van der Waals surface area contributed by atoms with Crippen LogP contribution in [0.5, 0.6) is 0 Å². The molecule has 3 unspecified atom stereocenters. The van der Waals surface area contributed by atoms with Gasteiger partial charge in [-0.15, -0.1) is 0 Å². The van der Waals surface area contributed by atoms with Gasteiger partial charge in [-0.25, -0.2) is 0 Å². The van der Waals surface area contributed by atoms with E-state index in [0.717, 1.165) is 16.7 Å². The molecule has 1 aliphatic heterocycles. The zero-order valence-corrected chi connectivity index (χ0v) is 19.4. The molecule has 3 aromatic carbocycles. The molecule has 180 valence electrons. The van der Waals surface area contributed by atoms with Crippen molar-refractivity contribution >= 4 is 0 Å². The monoisotopic (exact) mass is 464 g/mol. The van der Waals surface area contributed by atoms with Crippen LogP contribution in [0.2, 0.25) is 0 Å². The molecule has 0 spiro atoms. The topological polar surface area (TPSA) is 66.4 Å². The molecule has 3 aromatic rings. The molecule has 0 aromatic heterocycles. The Hall–Kier alpha value is -2.58. The molecule has 34 heavy (non-hydrogen) atoms. The van der Waals surface area contributed by atoms with Gasteiger partial charge in [-0.1, -0.05) is 91.0 Å². The molecule has 1 heterocycles. The lowest BCUT2D eigenvalue weighted by atomic mass is 9.98. The summed E-state index contributed by atoms with van der Waals surface area (Å²) in [5, 5.41) is 11.2. The van der Waals surface area contributed by atoms with E-state index in [4.69, 9.17) is 23.7 Å². The molecule has 1 aliphatic rings. The maximum atomic E-state index is 11.2. The van der Waals surface area contributed by atoms with Crippen LogP contribution in [0.1, 0.15) is 16.7 Å². The van der Waals surface area contributed by atoms with Gasteiger partial charge >= 0.3 is 0 Å². The quantitative estimate of drug-likeness (QED) is 0.461. The molecule has 6 nitrogen and oxygen atoms in total. The summed E-state index contributed by atoms with van der Waals surface area (Å²) in [7, 11) is 1.57. The molecule has 1 fully saturated rings. The normalized spacial score (nSPS) is 24.7. The van der Waals surface area contributed by atoms with Crippen molar-refractivity contribution in [1.29, 1.82) is 0 Å². The molecule has 1 saturated heterocycles. The highest BCUT2D eigenvalue weighted by molar-refractivity contribution is 5.15. The number of rotatable bonds is 11. The van der Waals surface area contributed by atoms with Crippen LogP contribution in [0.4, 0.5) is 0 Å². The van der Waals surface area contributed by atoms with E-state index >= 15 is 0 Å². The van der Waals surface area contributed by atoms with Gasteiger partial charge in [0, 0.05) is 7.11 Å². The predicted octanol–water partition coefficient (Wildman–Crippen LogP) is 4.11. The minimum Gasteiger partial charge on any atom is -0.387 e. The van der Waals surface area contributed by atoms with Crippen LogP contribution < -0.4 is 0 Å². The highest BCUT2D eigenvalue weighted by atomic mass is 16.7. The van der Waals surface area contributed by atoms with E-state index in [2.05, 4.69) is 0 Å². The Kier molecular flexibility index (Phi) is 9.21. The molecular formula is C28H32O6. The summed E-state index contributed by atoms with van der Waals surface area (Å²) in [5.74, 6) is 0. The van der Waals surface area contributed by atoms with E-state index in [-0.39, 0.29) is 6.61 Å². The molecule has 4 rings (SSSR count). The minimum absolute atomic E-state index is 0.201. The van der Waals surface area contributed by atoms with E-state index in [1.54, 1.807) is 7.11 Å². The summed E-state index contributed by atoms with van der Waals surface area (Å²) in [6, 6.07) is 29.6. The van der Waals surface area contributed by atoms with Crippen LogP contribution in [-0.4, -0.2) is 49.5 Å². The van der Waals surface area contributed by atoms with Crippen LogP contribution in [-0.2, 0) is 43.5 Å². The molecule has 0 saturated carbocycles. The number of ether oxygens (including phenoxy) is 5. The van der Waals surface area contributed by atoms with Gasteiger partial charge < -0.3 is 28.8 Å². The maximum absolute atomic E-state index is 11.2. The van der Waals surface area contributed by atoms with Gasteiger partial charge in [0.1, 0.15) is 24.4 Å². The van der Waals surface area contributed by atoms with E-state index < -0.39 is 30.7 Å². The zero-order chi connectivity index (χ0) is 23.6. The molecule has 5 atom stereocenters. The number of hydrogen-bond donors (Lipinski definition) is 1. The van der Waals surface area contributed by atoms with Gasteiger partial charge in [-0.05, 0) is 16.7 Å². The Morgan fingerprint density at radius 1 is 0.676 bits per heavy atom. The fraction of sp³-hybridized carbons (Fsp3) is 0.357. The number of methoxy groups -OCH3 is 1. The Morgan fingerprint density at radius 2 is 1.15 bits per heavy atom. The molecule has 0 aliphatic carbocycles. The molecule has 0 bridgehead atoms. The molecule has 6 heteroatoms. The van der Waals surface area contributed by atoms with Crippen molar-refractivity contribution in [2.24, 2.45) is 0 Å². The van der Waals surface area contributed by atoms with Crippen LogP contribution in [0.25, 0.3) is 0 Å². The lowest BCUT2D eigenvalue weighted by Gasteiger charge is -2.43. The highest BCUT2D eigenvalue weighted by Gasteiger charge is 2.47. The molecule has 0 radical (unpaired) electrons. The fourth-order valence-electron chi connectivity index (χ4n) is 3.99. The van der Waals surface area contributed by atoms with Crippen molar-refractivity contribution in [2.75, 3.05) is 13.7 Å².